The van der Waals surface area contributed by atoms with Gasteiger partial charge in [0.25, 0.3) is 0 Å². The maximum absolute atomic E-state index is 12.2. The summed E-state index contributed by atoms with van der Waals surface area (Å²) >= 11 is 0. The van der Waals surface area contributed by atoms with Gasteiger partial charge in [0.2, 0.25) is 5.91 Å². The van der Waals surface area contributed by atoms with E-state index in [0.29, 0.717) is 17.9 Å². The van der Waals surface area contributed by atoms with Crippen LogP contribution in [-0.4, -0.2) is 36.5 Å². The van der Waals surface area contributed by atoms with Crippen LogP contribution in [0.1, 0.15) is 51.9 Å². The summed E-state index contributed by atoms with van der Waals surface area (Å²) in [7, 11) is 0. The molecule has 0 aromatic rings. The van der Waals surface area contributed by atoms with Crippen molar-refractivity contribution >= 4 is 5.91 Å². The smallest absolute Gasteiger partial charge is 0.222 e. The number of carbonyl (C=O) groups excluding carboxylic acids is 1. The molecular formula is C14H26N2O. The SMILES string of the molecule is CCCCC(=O)N1CCCC1C1CCCNC1. The third kappa shape index (κ3) is 3.21. The quantitative estimate of drug-likeness (QED) is 0.814. The normalized spacial score (nSPS) is 29.6. The van der Waals surface area contributed by atoms with E-state index < -0.39 is 0 Å². The minimum absolute atomic E-state index is 0.403. The van der Waals surface area contributed by atoms with E-state index in [-0.39, 0.29) is 0 Å². The lowest BCUT2D eigenvalue weighted by Gasteiger charge is -2.34. The van der Waals surface area contributed by atoms with Crippen LogP contribution >= 0.6 is 0 Å². The zero-order chi connectivity index (χ0) is 12.1. The van der Waals surface area contributed by atoms with Gasteiger partial charge in [-0.15, -0.1) is 0 Å². The Balaban J connectivity index is 1.89. The number of nitrogens with zero attached hydrogens (tertiary/aromatic N) is 1. The highest BCUT2D eigenvalue weighted by molar-refractivity contribution is 5.76. The summed E-state index contributed by atoms with van der Waals surface area (Å²) in [5.41, 5.74) is 0. The van der Waals surface area contributed by atoms with E-state index >= 15 is 0 Å². The van der Waals surface area contributed by atoms with E-state index in [1.807, 2.05) is 0 Å². The highest BCUT2D eigenvalue weighted by Crippen LogP contribution is 2.28. The number of piperidine rings is 1. The fourth-order valence-electron chi connectivity index (χ4n) is 3.27. The molecule has 0 aromatic heterocycles. The minimum atomic E-state index is 0.403. The predicted octanol–water partition coefficient (Wildman–Crippen LogP) is 2.17. The molecule has 0 bridgehead atoms. The molecule has 0 saturated carbocycles. The van der Waals surface area contributed by atoms with Crippen LogP contribution in [0.2, 0.25) is 0 Å². The van der Waals surface area contributed by atoms with Crippen molar-refractivity contribution in [2.75, 3.05) is 19.6 Å². The molecule has 2 saturated heterocycles. The van der Waals surface area contributed by atoms with Gasteiger partial charge in [0.1, 0.15) is 0 Å². The highest BCUT2D eigenvalue weighted by atomic mass is 16.2. The fourth-order valence-corrected chi connectivity index (χ4v) is 3.27. The Morgan fingerprint density at radius 1 is 1.35 bits per heavy atom. The summed E-state index contributed by atoms with van der Waals surface area (Å²) in [6.07, 6.45) is 7.93. The number of amides is 1. The second-order valence-electron chi connectivity index (χ2n) is 5.51. The van der Waals surface area contributed by atoms with Crippen molar-refractivity contribution in [2.24, 2.45) is 5.92 Å². The van der Waals surface area contributed by atoms with Gasteiger partial charge in [-0.05, 0) is 51.1 Å². The molecule has 3 heteroatoms. The van der Waals surface area contributed by atoms with Crippen LogP contribution in [0.15, 0.2) is 0 Å². The number of unbranched alkanes of at least 4 members (excludes halogenated alkanes) is 1. The Hall–Kier alpha value is -0.570. The largest absolute Gasteiger partial charge is 0.339 e. The van der Waals surface area contributed by atoms with Gasteiger partial charge < -0.3 is 10.2 Å². The van der Waals surface area contributed by atoms with Gasteiger partial charge in [0.15, 0.2) is 0 Å². The summed E-state index contributed by atoms with van der Waals surface area (Å²) in [6.45, 7) is 5.43. The summed E-state index contributed by atoms with van der Waals surface area (Å²) in [5.74, 6) is 1.11. The zero-order valence-corrected chi connectivity index (χ0v) is 11.1. The third-order valence-electron chi connectivity index (χ3n) is 4.24. The van der Waals surface area contributed by atoms with E-state index in [4.69, 9.17) is 0 Å². The maximum atomic E-state index is 12.2. The van der Waals surface area contributed by atoms with Crippen molar-refractivity contribution in [1.82, 2.24) is 10.2 Å². The highest BCUT2D eigenvalue weighted by Gasteiger charge is 2.34. The molecule has 0 aromatic carbocycles. The molecule has 2 heterocycles. The standard InChI is InChI=1S/C14H26N2O/c1-2-3-8-14(17)16-10-5-7-13(16)12-6-4-9-15-11-12/h12-13,15H,2-11H2,1H3. The van der Waals surface area contributed by atoms with Crippen LogP contribution in [0.5, 0.6) is 0 Å². The van der Waals surface area contributed by atoms with E-state index in [9.17, 15) is 4.79 Å². The molecule has 0 radical (unpaired) electrons. The van der Waals surface area contributed by atoms with Crippen LogP contribution in [0.25, 0.3) is 0 Å². The lowest BCUT2D eigenvalue weighted by molar-refractivity contribution is -0.133. The van der Waals surface area contributed by atoms with Crippen molar-refractivity contribution in [3.63, 3.8) is 0 Å². The summed E-state index contributed by atoms with van der Waals surface area (Å²) in [6, 6.07) is 0.534. The van der Waals surface area contributed by atoms with Gasteiger partial charge in [-0.3, -0.25) is 4.79 Å². The summed E-state index contributed by atoms with van der Waals surface area (Å²) in [5, 5.41) is 3.48. The molecule has 2 aliphatic heterocycles. The Bertz CT molecular complexity index is 249. The molecule has 98 valence electrons. The van der Waals surface area contributed by atoms with Crippen molar-refractivity contribution in [3.8, 4) is 0 Å². The fraction of sp³-hybridized carbons (Fsp3) is 0.929. The number of likely N-dealkylation sites (tertiary alicyclic amines) is 1. The van der Waals surface area contributed by atoms with Crippen molar-refractivity contribution in [2.45, 2.75) is 57.9 Å². The van der Waals surface area contributed by atoms with Gasteiger partial charge in [-0.1, -0.05) is 13.3 Å². The molecular weight excluding hydrogens is 212 g/mol. The first kappa shape index (κ1) is 12.9. The predicted molar refractivity (Wildman–Crippen MR) is 69.9 cm³/mol. The monoisotopic (exact) mass is 238 g/mol. The summed E-state index contributed by atoms with van der Waals surface area (Å²) in [4.78, 5) is 14.4. The van der Waals surface area contributed by atoms with Crippen LogP contribution in [-0.2, 0) is 4.79 Å². The molecule has 2 unspecified atom stereocenters. The maximum Gasteiger partial charge on any atom is 0.222 e. The molecule has 0 spiro atoms. The van der Waals surface area contributed by atoms with Crippen molar-refractivity contribution in [1.29, 1.82) is 0 Å². The van der Waals surface area contributed by atoms with E-state index in [0.717, 1.165) is 38.9 Å². The Labute approximate surface area is 105 Å². The van der Waals surface area contributed by atoms with Gasteiger partial charge in [0.05, 0.1) is 0 Å². The molecule has 0 aliphatic carbocycles. The van der Waals surface area contributed by atoms with Crippen molar-refractivity contribution < 1.29 is 4.79 Å². The van der Waals surface area contributed by atoms with Crippen LogP contribution in [0, 0.1) is 5.92 Å². The number of carbonyl (C=O) groups is 1. The van der Waals surface area contributed by atoms with E-state index in [1.165, 1.54) is 25.7 Å². The second kappa shape index (κ2) is 6.39. The first-order valence-electron chi connectivity index (χ1n) is 7.33. The second-order valence-corrected chi connectivity index (χ2v) is 5.51. The Morgan fingerprint density at radius 2 is 2.24 bits per heavy atom. The summed E-state index contributed by atoms with van der Waals surface area (Å²) < 4.78 is 0. The Kier molecular flexibility index (Phi) is 4.84. The van der Waals surface area contributed by atoms with Crippen LogP contribution in [0.3, 0.4) is 0 Å². The van der Waals surface area contributed by atoms with Gasteiger partial charge in [-0.25, -0.2) is 0 Å². The number of hydrogen-bond acceptors (Lipinski definition) is 2. The van der Waals surface area contributed by atoms with Gasteiger partial charge in [0, 0.05) is 19.0 Å². The molecule has 2 rings (SSSR count). The molecule has 2 aliphatic rings. The average molecular weight is 238 g/mol. The average Bonchev–Trinajstić information content (AvgIpc) is 2.86. The van der Waals surface area contributed by atoms with Crippen LogP contribution in [0.4, 0.5) is 0 Å². The number of rotatable bonds is 4. The molecule has 3 nitrogen and oxygen atoms in total. The molecule has 1 N–H and O–H groups in total. The first-order chi connectivity index (χ1) is 8.33. The molecule has 2 atom stereocenters. The van der Waals surface area contributed by atoms with E-state index in [1.54, 1.807) is 0 Å². The van der Waals surface area contributed by atoms with Gasteiger partial charge >= 0.3 is 0 Å². The third-order valence-corrected chi connectivity index (χ3v) is 4.24. The van der Waals surface area contributed by atoms with E-state index in [2.05, 4.69) is 17.1 Å². The molecule has 2 fully saturated rings. The first-order valence-corrected chi connectivity index (χ1v) is 7.33. The molecule has 1 amide bonds. The van der Waals surface area contributed by atoms with Crippen molar-refractivity contribution in [3.05, 3.63) is 0 Å². The van der Waals surface area contributed by atoms with Gasteiger partial charge in [-0.2, -0.15) is 0 Å². The zero-order valence-electron chi connectivity index (χ0n) is 11.1. The lowest BCUT2D eigenvalue weighted by atomic mass is 9.90. The minimum Gasteiger partial charge on any atom is -0.339 e. The number of nitrogens with one attached hydrogen (secondary N) is 1. The van der Waals surface area contributed by atoms with Crippen LogP contribution < -0.4 is 5.32 Å². The molecule has 17 heavy (non-hydrogen) atoms. The lowest BCUT2D eigenvalue weighted by Crippen LogP contribution is -2.45. The topological polar surface area (TPSA) is 32.3 Å². The Morgan fingerprint density at radius 3 is 2.94 bits per heavy atom. The number of hydrogen-bond donors (Lipinski definition) is 1.